The molecule has 0 unspecified atom stereocenters. The van der Waals surface area contributed by atoms with E-state index in [4.69, 9.17) is 14.6 Å². The van der Waals surface area contributed by atoms with Gasteiger partial charge in [0.25, 0.3) is 0 Å². The number of hydrogen-bond acceptors (Lipinski definition) is 4. The second-order valence-electron chi connectivity index (χ2n) is 7.25. The maximum Gasteiger partial charge on any atom is 0.127 e. The molecule has 0 saturated carbocycles. The first kappa shape index (κ1) is 18.7. The van der Waals surface area contributed by atoms with Gasteiger partial charge in [0.2, 0.25) is 0 Å². The zero-order valence-corrected chi connectivity index (χ0v) is 16.5. The zero-order chi connectivity index (χ0) is 19.3. The van der Waals surface area contributed by atoms with Gasteiger partial charge in [-0.1, -0.05) is 25.1 Å². The molecule has 0 aliphatic carbocycles. The van der Waals surface area contributed by atoms with Crippen LogP contribution in [0.2, 0.25) is 0 Å². The van der Waals surface area contributed by atoms with Crippen LogP contribution in [0.5, 0.6) is 11.5 Å². The molecule has 3 aromatic rings. The van der Waals surface area contributed by atoms with Crippen LogP contribution in [0.1, 0.15) is 18.9 Å². The summed E-state index contributed by atoms with van der Waals surface area (Å²) >= 11 is 0. The molecule has 0 bridgehead atoms. The molecule has 1 aromatic heterocycles. The van der Waals surface area contributed by atoms with Gasteiger partial charge >= 0.3 is 0 Å². The van der Waals surface area contributed by atoms with Gasteiger partial charge in [0, 0.05) is 44.0 Å². The molecule has 1 atom stereocenters. The first-order chi connectivity index (χ1) is 13.7. The molecule has 1 aliphatic rings. The standard InChI is InChI=1S/C23H27N3O2/c1-3-20-17-26(13-14-27-20)16-19-15-25(2)24-23(19)18-9-11-22(12-10-18)28-21-7-5-4-6-8-21/h4-12,15,20H,3,13-14,16-17H2,1-2H3/t20-/m1/s1. The van der Waals surface area contributed by atoms with Crippen LogP contribution in [0.15, 0.2) is 60.8 Å². The third-order valence-electron chi connectivity index (χ3n) is 5.08. The van der Waals surface area contributed by atoms with E-state index in [1.54, 1.807) is 0 Å². The van der Waals surface area contributed by atoms with Crippen LogP contribution in [0.4, 0.5) is 0 Å². The predicted octanol–water partition coefficient (Wildman–Crippen LogP) is 4.49. The van der Waals surface area contributed by atoms with E-state index in [9.17, 15) is 0 Å². The maximum atomic E-state index is 5.90. The molecule has 4 rings (SSSR count). The van der Waals surface area contributed by atoms with Crippen molar-refractivity contribution in [1.29, 1.82) is 0 Å². The maximum absolute atomic E-state index is 5.90. The summed E-state index contributed by atoms with van der Waals surface area (Å²) in [7, 11) is 1.98. The Labute approximate surface area is 166 Å². The van der Waals surface area contributed by atoms with Gasteiger partial charge in [-0.25, -0.2) is 0 Å². The highest BCUT2D eigenvalue weighted by atomic mass is 16.5. The predicted molar refractivity (Wildman–Crippen MR) is 110 cm³/mol. The van der Waals surface area contributed by atoms with E-state index < -0.39 is 0 Å². The number of para-hydroxylation sites is 1. The number of aryl methyl sites for hydroxylation is 1. The first-order valence-electron chi connectivity index (χ1n) is 9.91. The molecule has 5 heteroatoms. The molecule has 0 radical (unpaired) electrons. The number of ether oxygens (including phenoxy) is 2. The highest BCUT2D eigenvalue weighted by molar-refractivity contribution is 5.63. The van der Waals surface area contributed by atoms with Crippen LogP contribution < -0.4 is 4.74 Å². The summed E-state index contributed by atoms with van der Waals surface area (Å²) in [6.45, 7) is 5.83. The van der Waals surface area contributed by atoms with Crippen molar-refractivity contribution in [2.75, 3.05) is 19.7 Å². The molecule has 28 heavy (non-hydrogen) atoms. The highest BCUT2D eigenvalue weighted by Crippen LogP contribution is 2.28. The van der Waals surface area contributed by atoms with E-state index in [0.29, 0.717) is 6.10 Å². The largest absolute Gasteiger partial charge is 0.457 e. The minimum Gasteiger partial charge on any atom is -0.457 e. The average molecular weight is 377 g/mol. The fourth-order valence-electron chi connectivity index (χ4n) is 3.61. The Kier molecular flexibility index (Phi) is 5.74. The Morgan fingerprint density at radius 2 is 1.82 bits per heavy atom. The van der Waals surface area contributed by atoms with Crippen molar-refractivity contribution in [3.63, 3.8) is 0 Å². The number of rotatable bonds is 6. The van der Waals surface area contributed by atoms with Gasteiger partial charge in [-0.2, -0.15) is 5.10 Å². The Balaban J connectivity index is 1.50. The lowest BCUT2D eigenvalue weighted by Gasteiger charge is -2.32. The minimum absolute atomic E-state index is 0.336. The Bertz CT molecular complexity index is 890. The molecule has 0 spiro atoms. The molecule has 2 heterocycles. The van der Waals surface area contributed by atoms with Crippen molar-refractivity contribution < 1.29 is 9.47 Å². The number of benzene rings is 2. The van der Waals surface area contributed by atoms with Gasteiger partial charge in [0.05, 0.1) is 18.4 Å². The molecule has 1 fully saturated rings. The third-order valence-corrected chi connectivity index (χ3v) is 5.08. The Morgan fingerprint density at radius 1 is 1.07 bits per heavy atom. The van der Waals surface area contributed by atoms with E-state index in [2.05, 4.69) is 30.2 Å². The molecule has 2 aromatic carbocycles. The van der Waals surface area contributed by atoms with E-state index in [-0.39, 0.29) is 0 Å². The van der Waals surface area contributed by atoms with Crippen LogP contribution in [0.3, 0.4) is 0 Å². The van der Waals surface area contributed by atoms with Crippen LogP contribution in [0.25, 0.3) is 11.3 Å². The van der Waals surface area contributed by atoms with E-state index in [1.165, 1.54) is 5.56 Å². The second kappa shape index (κ2) is 8.59. The summed E-state index contributed by atoms with van der Waals surface area (Å²) in [4.78, 5) is 2.46. The van der Waals surface area contributed by atoms with E-state index >= 15 is 0 Å². The number of nitrogens with zero attached hydrogens (tertiary/aromatic N) is 3. The summed E-state index contributed by atoms with van der Waals surface area (Å²) in [5.41, 5.74) is 3.39. The summed E-state index contributed by atoms with van der Waals surface area (Å²) in [5, 5.41) is 4.72. The normalized spacial score (nSPS) is 17.6. The molecule has 1 saturated heterocycles. The fourth-order valence-corrected chi connectivity index (χ4v) is 3.61. The quantitative estimate of drug-likeness (QED) is 0.634. The van der Waals surface area contributed by atoms with Crippen LogP contribution in [0, 0.1) is 0 Å². The van der Waals surface area contributed by atoms with Gasteiger partial charge in [0.1, 0.15) is 11.5 Å². The fraction of sp³-hybridized carbons (Fsp3) is 0.348. The van der Waals surface area contributed by atoms with Crippen molar-refractivity contribution in [1.82, 2.24) is 14.7 Å². The minimum atomic E-state index is 0.336. The molecular formula is C23H27N3O2. The van der Waals surface area contributed by atoms with Crippen molar-refractivity contribution in [2.24, 2.45) is 7.05 Å². The third kappa shape index (κ3) is 4.43. The smallest absolute Gasteiger partial charge is 0.127 e. The summed E-state index contributed by atoms with van der Waals surface area (Å²) in [6.07, 6.45) is 3.52. The monoisotopic (exact) mass is 377 g/mol. The Hall–Kier alpha value is -2.63. The number of aromatic nitrogens is 2. The van der Waals surface area contributed by atoms with Crippen LogP contribution >= 0.6 is 0 Å². The summed E-state index contributed by atoms with van der Waals surface area (Å²) in [5.74, 6) is 1.66. The SMILES string of the molecule is CC[C@@H]1CN(Cc2cn(C)nc2-c2ccc(Oc3ccccc3)cc2)CCO1. The number of morpholine rings is 1. The topological polar surface area (TPSA) is 39.5 Å². The van der Waals surface area contributed by atoms with Gasteiger partial charge in [-0.3, -0.25) is 9.58 Å². The first-order valence-corrected chi connectivity index (χ1v) is 9.91. The van der Waals surface area contributed by atoms with Gasteiger partial charge in [0.15, 0.2) is 0 Å². The summed E-state index contributed by atoms with van der Waals surface area (Å²) < 4.78 is 13.6. The lowest BCUT2D eigenvalue weighted by atomic mass is 10.1. The van der Waals surface area contributed by atoms with E-state index in [0.717, 1.165) is 55.4 Å². The Morgan fingerprint density at radius 3 is 2.57 bits per heavy atom. The zero-order valence-electron chi connectivity index (χ0n) is 16.5. The molecule has 146 valence electrons. The lowest BCUT2D eigenvalue weighted by Crippen LogP contribution is -2.41. The molecule has 0 amide bonds. The summed E-state index contributed by atoms with van der Waals surface area (Å²) in [6, 6.07) is 18.0. The van der Waals surface area contributed by atoms with Crippen molar-refractivity contribution in [3.8, 4) is 22.8 Å². The van der Waals surface area contributed by atoms with Gasteiger partial charge < -0.3 is 9.47 Å². The van der Waals surface area contributed by atoms with Crippen molar-refractivity contribution >= 4 is 0 Å². The van der Waals surface area contributed by atoms with Gasteiger partial charge in [-0.05, 0) is 42.8 Å². The molecule has 5 nitrogen and oxygen atoms in total. The highest BCUT2D eigenvalue weighted by Gasteiger charge is 2.21. The lowest BCUT2D eigenvalue weighted by molar-refractivity contribution is -0.0324. The van der Waals surface area contributed by atoms with Crippen LogP contribution in [-0.2, 0) is 18.3 Å². The molecule has 0 N–H and O–H groups in total. The molecule has 1 aliphatic heterocycles. The number of hydrogen-bond donors (Lipinski definition) is 0. The van der Waals surface area contributed by atoms with Crippen molar-refractivity contribution in [3.05, 3.63) is 66.4 Å². The van der Waals surface area contributed by atoms with Crippen molar-refractivity contribution in [2.45, 2.75) is 26.0 Å². The molecular weight excluding hydrogens is 350 g/mol. The second-order valence-corrected chi connectivity index (χ2v) is 7.25. The van der Waals surface area contributed by atoms with Gasteiger partial charge in [-0.15, -0.1) is 0 Å². The van der Waals surface area contributed by atoms with Crippen LogP contribution in [-0.4, -0.2) is 40.5 Å². The van der Waals surface area contributed by atoms with E-state index in [1.807, 2.05) is 54.2 Å². The average Bonchev–Trinajstić information content (AvgIpc) is 3.09.